The van der Waals surface area contributed by atoms with Crippen LogP contribution in [0.1, 0.15) is 62.5 Å². The van der Waals surface area contributed by atoms with Crippen molar-refractivity contribution in [2.24, 2.45) is 17.8 Å². The van der Waals surface area contributed by atoms with E-state index in [-0.39, 0.29) is 12.5 Å². The topological polar surface area (TPSA) is 67.8 Å². The summed E-state index contributed by atoms with van der Waals surface area (Å²) in [4.78, 5) is 12.7. The first-order valence-electron chi connectivity index (χ1n) is 11.2. The highest BCUT2D eigenvalue weighted by Crippen LogP contribution is 2.37. The molecule has 2 saturated carbocycles. The second-order valence-corrected chi connectivity index (χ2v) is 8.81. The minimum Gasteiger partial charge on any atom is -0.459 e. The Bertz CT molecular complexity index is 704. The second-order valence-electron chi connectivity index (χ2n) is 8.81. The van der Waals surface area contributed by atoms with E-state index in [1.807, 2.05) is 24.3 Å². The van der Waals surface area contributed by atoms with Crippen LogP contribution >= 0.6 is 0 Å². The van der Waals surface area contributed by atoms with Crippen LogP contribution in [-0.2, 0) is 27.5 Å². The predicted molar refractivity (Wildman–Crippen MR) is 111 cm³/mol. The van der Waals surface area contributed by atoms with E-state index in [1.165, 1.54) is 44.9 Å². The standard InChI is InChI=1S/C24H33NO4/c26-15-18-8-10-19(11-9-18)16-28-23-13-21(20-4-2-1-3-5-20)12-22(29-23)24(27)25-14-17-6-7-17/h8-12,17,20-21,23,26H,1-7,13-16H2,(H,25,27)/t21-,23+/m1/s1. The largest absolute Gasteiger partial charge is 0.459 e. The molecule has 0 unspecified atom stereocenters. The number of ether oxygens (including phenoxy) is 2. The number of allylic oxidation sites excluding steroid dienone is 1. The van der Waals surface area contributed by atoms with Crippen molar-refractivity contribution in [1.82, 2.24) is 5.32 Å². The molecule has 2 N–H and O–H groups in total. The van der Waals surface area contributed by atoms with Gasteiger partial charge in [0.15, 0.2) is 5.76 Å². The van der Waals surface area contributed by atoms with Gasteiger partial charge in [0.05, 0.1) is 13.2 Å². The van der Waals surface area contributed by atoms with Crippen molar-refractivity contribution in [2.45, 2.75) is 70.9 Å². The van der Waals surface area contributed by atoms with Gasteiger partial charge < -0.3 is 19.9 Å². The first-order valence-corrected chi connectivity index (χ1v) is 11.2. The Morgan fingerprint density at radius 3 is 2.48 bits per heavy atom. The number of amides is 1. The number of carbonyl (C=O) groups is 1. The van der Waals surface area contributed by atoms with Crippen LogP contribution in [0, 0.1) is 17.8 Å². The van der Waals surface area contributed by atoms with E-state index in [1.54, 1.807) is 0 Å². The molecule has 1 aromatic carbocycles. The molecule has 158 valence electrons. The van der Waals surface area contributed by atoms with Crippen molar-refractivity contribution in [3.8, 4) is 0 Å². The summed E-state index contributed by atoms with van der Waals surface area (Å²) in [5.41, 5.74) is 1.92. The van der Waals surface area contributed by atoms with Crippen LogP contribution in [0.5, 0.6) is 0 Å². The summed E-state index contributed by atoms with van der Waals surface area (Å²) in [6, 6.07) is 7.74. The van der Waals surface area contributed by atoms with Gasteiger partial charge in [-0.1, -0.05) is 43.5 Å². The molecule has 1 heterocycles. The Hall–Kier alpha value is -1.85. The molecule has 2 aliphatic carbocycles. The highest BCUT2D eigenvalue weighted by atomic mass is 16.7. The summed E-state index contributed by atoms with van der Waals surface area (Å²) < 4.78 is 12.1. The van der Waals surface area contributed by atoms with Gasteiger partial charge in [0.1, 0.15) is 0 Å². The van der Waals surface area contributed by atoms with Crippen LogP contribution in [-0.4, -0.2) is 23.8 Å². The molecule has 5 nitrogen and oxygen atoms in total. The monoisotopic (exact) mass is 399 g/mol. The van der Waals surface area contributed by atoms with Crippen molar-refractivity contribution in [3.63, 3.8) is 0 Å². The van der Waals surface area contributed by atoms with Crippen LogP contribution in [0.4, 0.5) is 0 Å². The van der Waals surface area contributed by atoms with Crippen LogP contribution in [0.25, 0.3) is 0 Å². The van der Waals surface area contributed by atoms with E-state index in [0.717, 1.165) is 24.1 Å². The number of hydrogen-bond donors (Lipinski definition) is 2. The van der Waals surface area contributed by atoms with Gasteiger partial charge >= 0.3 is 0 Å². The Balaban J connectivity index is 1.39. The van der Waals surface area contributed by atoms with Crippen LogP contribution in [0.15, 0.2) is 36.1 Å². The van der Waals surface area contributed by atoms with E-state index in [0.29, 0.717) is 30.1 Å². The second kappa shape index (κ2) is 9.77. The van der Waals surface area contributed by atoms with Crippen molar-refractivity contribution in [1.29, 1.82) is 0 Å². The number of rotatable bonds is 8. The molecule has 3 aliphatic rings. The fourth-order valence-corrected chi connectivity index (χ4v) is 4.41. The molecule has 0 bridgehead atoms. The fourth-order valence-electron chi connectivity index (χ4n) is 4.41. The zero-order valence-corrected chi connectivity index (χ0v) is 17.1. The maximum atomic E-state index is 12.7. The number of aliphatic hydroxyl groups is 1. The summed E-state index contributed by atoms with van der Waals surface area (Å²) in [6.07, 6.45) is 11.2. The number of aliphatic hydroxyl groups excluding tert-OH is 1. The first-order chi connectivity index (χ1) is 14.2. The normalized spacial score (nSPS) is 25.2. The zero-order valence-electron chi connectivity index (χ0n) is 17.1. The number of nitrogens with one attached hydrogen (secondary N) is 1. The van der Waals surface area contributed by atoms with Crippen molar-refractivity contribution in [2.75, 3.05) is 6.54 Å². The van der Waals surface area contributed by atoms with Gasteiger partial charge in [0, 0.05) is 13.0 Å². The van der Waals surface area contributed by atoms with E-state index < -0.39 is 6.29 Å². The molecule has 2 fully saturated rings. The van der Waals surface area contributed by atoms with Gasteiger partial charge in [-0.2, -0.15) is 0 Å². The molecule has 1 aliphatic heterocycles. The summed E-state index contributed by atoms with van der Waals surface area (Å²) in [6.45, 7) is 1.22. The van der Waals surface area contributed by atoms with E-state index >= 15 is 0 Å². The minimum absolute atomic E-state index is 0.0417. The Morgan fingerprint density at radius 1 is 1.07 bits per heavy atom. The van der Waals surface area contributed by atoms with Gasteiger partial charge in [-0.3, -0.25) is 4.79 Å². The average Bonchev–Trinajstić information content (AvgIpc) is 3.61. The molecule has 0 aromatic heterocycles. The number of carbonyl (C=O) groups excluding carboxylic acids is 1. The molecule has 0 radical (unpaired) electrons. The lowest BCUT2D eigenvalue weighted by Crippen LogP contribution is -2.36. The molecular weight excluding hydrogens is 366 g/mol. The van der Waals surface area contributed by atoms with E-state index in [4.69, 9.17) is 9.47 Å². The van der Waals surface area contributed by atoms with Gasteiger partial charge in [-0.15, -0.1) is 0 Å². The minimum atomic E-state index is -0.397. The summed E-state index contributed by atoms with van der Waals surface area (Å²) >= 11 is 0. The van der Waals surface area contributed by atoms with Gasteiger partial charge in [0.25, 0.3) is 5.91 Å². The van der Waals surface area contributed by atoms with Crippen LogP contribution < -0.4 is 5.32 Å². The number of hydrogen-bond acceptors (Lipinski definition) is 4. The lowest BCUT2D eigenvalue weighted by molar-refractivity contribution is -0.155. The molecular formula is C24H33NO4. The molecule has 29 heavy (non-hydrogen) atoms. The van der Waals surface area contributed by atoms with E-state index in [9.17, 15) is 9.90 Å². The maximum Gasteiger partial charge on any atom is 0.286 e. The Labute approximate surface area is 173 Å². The predicted octanol–water partition coefficient (Wildman–Crippen LogP) is 4.05. The van der Waals surface area contributed by atoms with E-state index in [2.05, 4.69) is 11.4 Å². The molecule has 0 spiro atoms. The molecule has 4 rings (SSSR count). The quantitative estimate of drug-likeness (QED) is 0.692. The average molecular weight is 400 g/mol. The highest BCUT2D eigenvalue weighted by molar-refractivity contribution is 5.91. The molecule has 1 aromatic rings. The smallest absolute Gasteiger partial charge is 0.286 e. The third-order valence-electron chi connectivity index (χ3n) is 6.46. The van der Waals surface area contributed by atoms with Gasteiger partial charge in [0.2, 0.25) is 6.29 Å². The van der Waals surface area contributed by atoms with Gasteiger partial charge in [-0.25, -0.2) is 0 Å². The van der Waals surface area contributed by atoms with Crippen LogP contribution in [0.2, 0.25) is 0 Å². The van der Waals surface area contributed by atoms with Crippen molar-refractivity contribution >= 4 is 5.91 Å². The van der Waals surface area contributed by atoms with Crippen molar-refractivity contribution < 1.29 is 19.4 Å². The molecule has 2 atom stereocenters. The Morgan fingerprint density at radius 2 is 1.79 bits per heavy atom. The summed E-state index contributed by atoms with van der Waals surface area (Å²) in [5.74, 6) is 1.94. The lowest BCUT2D eigenvalue weighted by atomic mass is 9.77. The zero-order chi connectivity index (χ0) is 20.1. The lowest BCUT2D eigenvalue weighted by Gasteiger charge is -2.35. The highest BCUT2D eigenvalue weighted by Gasteiger charge is 2.33. The third kappa shape index (κ3) is 5.83. The summed E-state index contributed by atoms with van der Waals surface area (Å²) in [7, 11) is 0. The third-order valence-corrected chi connectivity index (χ3v) is 6.46. The fraction of sp³-hybridized carbons (Fsp3) is 0.625. The summed E-state index contributed by atoms with van der Waals surface area (Å²) in [5, 5.41) is 12.2. The Kier molecular flexibility index (Phi) is 6.88. The molecule has 1 amide bonds. The maximum absolute atomic E-state index is 12.7. The van der Waals surface area contributed by atoms with Crippen LogP contribution in [0.3, 0.4) is 0 Å². The van der Waals surface area contributed by atoms with Gasteiger partial charge in [-0.05, 0) is 60.6 Å². The SMILES string of the molecule is O=C(NCC1CC1)C1=C[C@@H](C2CCCCC2)C[C@@H](OCc2ccc(CO)cc2)O1. The first kappa shape index (κ1) is 20.4. The number of benzene rings is 1. The molecule has 0 saturated heterocycles. The van der Waals surface area contributed by atoms with Crippen molar-refractivity contribution in [3.05, 3.63) is 47.2 Å². The molecule has 5 heteroatoms.